The van der Waals surface area contributed by atoms with Gasteiger partial charge in [0.05, 0.1) is 4.90 Å². The van der Waals surface area contributed by atoms with Gasteiger partial charge < -0.3 is 5.32 Å². The number of hydrogen-bond donors (Lipinski definition) is 2. The minimum atomic E-state index is -3.74. The van der Waals surface area contributed by atoms with Crippen LogP contribution in [0, 0.1) is 13.8 Å². The Kier molecular flexibility index (Phi) is 4.16. The second-order valence-corrected chi connectivity index (χ2v) is 8.12. The van der Waals surface area contributed by atoms with Crippen molar-refractivity contribution in [2.24, 2.45) is 0 Å². The molecule has 1 heterocycles. The summed E-state index contributed by atoms with van der Waals surface area (Å²) in [4.78, 5) is 12.2. The van der Waals surface area contributed by atoms with E-state index < -0.39 is 10.0 Å². The number of sulfonamides is 1. The molecule has 0 spiro atoms. The number of benzene rings is 2. The largest absolute Gasteiger partial charge is 0.321 e. The number of rotatable bonds is 3. The number of carbonyl (C=O) groups excluding carboxylic acids is 1. The molecule has 5 nitrogen and oxygen atoms in total. The average molecular weight is 356 g/mol. The van der Waals surface area contributed by atoms with Gasteiger partial charge in [-0.25, -0.2) is 8.42 Å². The van der Waals surface area contributed by atoms with E-state index in [2.05, 4.69) is 10.0 Å². The van der Waals surface area contributed by atoms with E-state index >= 15 is 0 Å². The Morgan fingerprint density at radius 2 is 1.72 bits per heavy atom. The highest BCUT2D eigenvalue weighted by atomic mass is 32.2. The summed E-state index contributed by atoms with van der Waals surface area (Å²) in [5, 5.41) is 2.76. The number of amides is 1. The lowest BCUT2D eigenvalue weighted by Gasteiger charge is -2.11. The molecule has 6 heteroatoms. The predicted octanol–water partition coefficient (Wildman–Crippen LogP) is 3.85. The Balaban J connectivity index is 2.01. The lowest BCUT2D eigenvalue weighted by Crippen LogP contribution is -2.13. The van der Waals surface area contributed by atoms with E-state index in [4.69, 9.17) is 0 Å². The summed E-state index contributed by atoms with van der Waals surface area (Å²) in [5.74, 6) is -0.202. The highest BCUT2D eigenvalue weighted by Crippen LogP contribution is 2.35. The summed E-state index contributed by atoms with van der Waals surface area (Å²) in [6.45, 7) is 7.57. The van der Waals surface area contributed by atoms with Crippen LogP contribution >= 0.6 is 0 Å². The van der Waals surface area contributed by atoms with Crippen LogP contribution in [-0.2, 0) is 14.8 Å². The van der Waals surface area contributed by atoms with Gasteiger partial charge >= 0.3 is 0 Å². The summed E-state index contributed by atoms with van der Waals surface area (Å²) in [6, 6.07) is 10.1. The van der Waals surface area contributed by atoms with Crippen LogP contribution < -0.4 is 10.0 Å². The van der Waals surface area contributed by atoms with Gasteiger partial charge in [-0.1, -0.05) is 11.6 Å². The zero-order chi connectivity index (χ0) is 18.4. The number of fused-ring (bicyclic) bond motifs is 1. The quantitative estimate of drug-likeness (QED) is 0.820. The Labute approximate surface area is 147 Å². The van der Waals surface area contributed by atoms with Crippen molar-refractivity contribution in [3.8, 4) is 0 Å². The molecule has 0 aromatic heterocycles. The molecule has 3 rings (SSSR count). The Bertz CT molecular complexity index is 1020. The second kappa shape index (κ2) is 6.04. The normalized spacial score (nSPS) is 13.4. The molecule has 0 fully saturated rings. The number of carbonyl (C=O) groups is 1. The van der Waals surface area contributed by atoms with E-state index in [1.54, 1.807) is 24.3 Å². The average Bonchev–Trinajstić information content (AvgIpc) is 2.85. The second-order valence-electron chi connectivity index (χ2n) is 6.44. The first kappa shape index (κ1) is 17.2. The van der Waals surface area contributed by atoms with Gasteiger partial charge in [-0.15, -0.1) is 0 Å². The minimum Gasteiger partial charge on any atom is -0.321 e. The lowest BCUT2D eigenvalue weighted by molar-refractivity contribution is -0.110. The van der Waals surface area contributed by atoms with Gasteiger partial charge in [-0.05, 0) is 69.2 Å². The molecule has 0 saturated heterocycles. The number of nitrogens with one attached hydrogen (secondary N) is 2. The van der Waals surface area contributed by atoms with Crippen molar-refractivity contribution in [3.05, 3.63) is 58.7 Å². The number of hydrogen-bond acceptors (Lipinski definition) is 3. The zero-order valence-corrected chi connectivity index (χ0v) is 15.4. The monoisotopic (exact) mass is 356 g/mol. The SMILES string of the molecule is CC(C)=C1C(=O)Nc2ccc(S(=O)(=O)Nc3ccc(C)c(C)c3)cc21. The van der Waals surface area contributed by atoms with Gasteiger partial charge in [0, 0.05) is 22.5 Å². The molecular weight excluding hydrogens is 336 g/mol. The number of aryl methyl sites for hydroxylation is 2. The third kappa shape index (κ3) is 3.17. The summed E-state index contributed by atoms with van der Waals surface area (Å²) in [7, 11) is -3.74. The van der Waals surface area contributed by atoms with Crippen molar-refractivity contribution in [2.45, 2.75) is 32.6 Å². The highest BCUT2D eigenvalue weighted by molar-refractivity contribution is 7.92. The Morgan fingerprint density at radius 3 is 2.36 bits per heavy atom. The van der Waals surface area contributed by atoms with E-state index in [1.165, 1.54) is 6.07 Å². The smallest absolute Gasteiger partial charge is 0.261 e. The minimum absolute atomic E-state index is 0.125. The summed E-state index contributed by atoms with van der Waals surface area (Å²) >= 11 is 0. The zero-order valence-electron chi connectivity index (χ0n) is 14.6. The van der Waals surface area contributed by atoms with Crippen LogP contribution in [-0.4, -0.2) is 14.3 Å². The van der Waals surface area contributed by atoms with Crippen molar-refractivity contribution >= 4 is 32.9 Å². The van der Waals surface area contributed by atoms with Gasteiger partial charge in [0.1, 0.15) is 0 Å². The molecule has 0 bridgehead atoms. The third-order valence-corrected chi connectivity index (χ3v) is 5.68. The first-order valence-corrected chi connectivity index (χ1v) is 9.40. The molecule has 0 atom stereocenters. The molecule has 130 valence electrons. The van der Waals surface area contributed by atoms with Crippen molar-refractivity contribution in [1.29, 1.82) is 0 Å². The van der Waals surface area contributed by atoms with Crippen LogP contribution in [0.4, 0.5) is 11.4 Å². The molecule has 25 heavy (non-hydrogen) atoms. The van der Waals surface area contributed by atoms with Crippen LogP contribution in [0.25, 0.3) is 5.57 Å². The van der Waals surface area contributed by atoms with E-state index in [0.717, 1.165) is 16.7 Å². The van der Waals surface area contributed by atoms with Gasteiger partial charge in [0.15, 0.2) is 0 Å². The first-order chi connectivity index (χ1) is 11.7. The molecule has 1 aliphatic rings. The maximum Gasteiger partial charge on any atom is 0.261 e. The molecular formula is C19H20N2O3S. The van der Waals surface area contributed by atoms with Gasteiger partial charge in [0.25, 0.3) is 15.9 Å². The molecule has 0 unspecified atom stereocenters. The van der Waals surface area contributed by atoms with E-state index in [1.807, 2.05) is 33.8 Å². The van der Waals surface area contributed by atoms with Crippen molar-refractivity contribution < 1.29 is 13.2 Å². The molecule has 1 amide bonds. The van der Waals surface area contributed by atoms with Crippen LogP contribution in [0.2, 0.25) is 0 Å². The predicted molar refractivity (Wildman–Crippen MR) is 100 cm³/mol. The number of allylic oxidation sites excluding steroid dienone is 1. The van der Waals surface area contributed by atoms with E-state index in [9.17, 15) is 13.2 Å². The van der Waals surface area contributed by atoms with Crippen LogP contribution in [0.1, 0.15) is 30.5 Å². The molecule has 2 aromatic rings. The van der Waals surface area contributed by atoms with Crippen molar-refractivity contribution in [3.63, 3.8) is 0 Å². The number of anilines is 2. The molecule has 2 N–H and O–H groups in total. The molecule has 0 radical (unpaired) electrons. The summed E-state index contributed by atoms with van der Waals surface area (Å²) in [5.41, 5.74) is 5.24. The van der Waals surface area contributed by atoms with Crippen LogP contribution in [0.5, 0.6) is 0 Å². The maximum atomic E-state index is 12.7. The first-order valence-electron chi connectivity index (χ1n) is 7.92. The van der Waals surface area contributed by atoms with Gasteiger partial charge in [-0.3, -0.25) is 9.52 Å². The fraction of sp³-hybridized carbons (Fsp3) is 0.211. The van der Waals surface area contributed by atoms with E-state index in [0.29, 0.717) is 22.5 Å². The lowest BCUT2D eigenvalue weighted by atomic mass is 10.0. The van der Waals surface area contributed by atoms with Crippen LogP contribution in [0.3, 0.4) is 0 Å². The molecule has 2 aromatic carbocycles. The topological polar surface area (TPSA) is 75.3 Å². The Morgan fingerprint density at radius 1 is 1.00 bits per heavy atom. The highest BCUT2D eigenvalue weighted by Gasteiger charge is 2.27. The standard InChI is InChI=1S/C19H20N2O3S/c1-11(2)18-16-10-15(7-8-17(16)20-19(18)22)25(23,24)21-14-6-5-12(3)13(4)9-14/h5-10,21H,1-4H3,(H,20,22). The Hall–Kier alpha value is -2.60. The van der Waals surface area contributed by atoms with Gasteiger partial charge in [0.2, 0.25) is 0 Å². The molecule has 0 saturated carbocycles. The fourth-order valence-corrected chi connectivity index (χ4v) is 3.90. The third-order valence-electron chi connectivity index (χ3n) is 4.31. The van der Waals surface area contributed by atoms with Crippen LogP contribution in [0.15, 0.2) is 46.9 Å². The molecule has 0 aliphatic carbocycles. The maximum absolute atomic E-state index is 12.7. The fourth-order valence-electron chi connectivity index (χ4n) is 2.83. The summed E-state index contributed by atoms with van der Waals surface area (Å²) in [6.07, 6.45) is 0. The molecule has 1 aliphatic heterocycles. The van der Waals surface area contributed by atoms with Crippen molar-refractivity contribution in [1.82, 2.24) is 0 Å². The van der Waals surface area contributed by atoms with Gasteiger partial charge in [-0.2, -0.15) is 0 Å². The van der Waals surface area contributed by atoms with E-state index in [-0.39, 0.29) is 10.8 Å². The van der Waals surface area contributed by atoms with Crippen molar-refractivity contribution in [2.75, 3.05) is 10.0 Å². The summed E-state index contributed by atoms with van der Waals surface area (Å²) < 4.78 is 28.0.